The summed E-state index contributed by atoms with van der Waals surface area (Å²) in [6.45, 7) is 4.64. The molecule has 2 aromatic rings. The molecular formula is C16H18IN3O. The first-order valence-electron chi connectivity index (χ1n) is 7.09. The fourth-order valence-corrected chi connectivity index (χ4v) is 3.70. The molecule has 110 valence electrons. The minimum Gasteiger partial charge on any atom is -0.379 e. The molecule has 5 heteroatoms. The molecule has 1 aromatic heterocycles. The van der Waals surface area contributed by atoms with Gasteiger partial charge < -0.3 is 10.0 Å². The van der Waals surface area contributed by atoms with Crippen LogP contribution in [0.4, 0.5) is 5.82 Å². The van der Waals surface area contributed by atoms with Crippen LogP contribution in [0.25, 0.3) is 10.9 Å². The first-order valence-corrected chi connectivity index (χ1v) is 8.17. The van der Waals surface area contributed by atoms with E-state index in [1.807, 2.05) is 24.3 Å². The van der Waals surface area contributed by atoms with Crippen molar-refractivity contribution >= 4 is 39.3 Å². The van der Waals surface area contributed by atoms with Gasteiger partial charge in [0, 0.05) is 30.8 Å². The number of aromatic nitrogens is 2. The molecule has 0 saturated carbocycles. The third-order valence-corrected chi connectivity index (χ3v) is 4.94. The van der Waals surface area contributed by atoms with Crippen LogP contribution in [0.5, 0.6) is 0 Å². The lowest BCUT2D eigenvalue weighted by atomic mass is 9.96. The van der Waals surface area contributed by atoms with E-state index >= 15 is 0 Å². The maximum Gasteiger partial charge on any atom is 0.140 e. The summed E-state index contributed by atoms with van der Waals surface area (Å²) >= 11 is 2.16. The third-order valence-electron chi connectivity index (χ3n) is 3.96. The number of alkyl halides is 1. The van der Waals surface area contributed by atoms with Crippen LogP contribution in [0, 0.1) is 0 Å². The van der Waals surface area contributed by atoms with Crippen LogP contribution < -0.4 is 4.90 Å². The lowest BCUT2D eigenvalue weighted by molar-refractivity contribution is 0.111. The Bertz CT molecular complexity index is 654. The summed E-state index contributed by atoms with van der Waals surface area (Å²) in [6.07, 6.45) is 5.83. The maximum absolute atomic E-state index is 10.3. The van der Waals surface area contributed by atoms with Crippen molar-refractivity contribution < 1.29 is 5.11 Å². The second-order valence-electron chi connectivity index (χ2n) is 5.46. The fourth-order valence-electron chi connectivity index (χ4n) is 2.95. The van der Waals surface area contributed by atoms with Gasteiger partial charge in [-0.15, -0.1) is 6.58 Å². The lowest BCUT2D eigenvalue weighted by Crippen LogP contribution is -2.48. The van der Waals surface area contributed by atoms with Crippen molar-refractivity contribution in [3.05, 3.63) is 43.2 Å². The molecule has 1 aliphatic heterocycles. The molecule has 0 radical (unpaired) electrons. The Kier molecular flexibility index (Phi) is 4.12. The van der Waals surface area contributed by atoms with E-state index in [9.17, 15) is 5.11 Å². The molecule has 1 N–H and O–H groups in total. The molecule has 4 nitrogen and oxygen atoms in total. The smallest absolute Gasteiger partial charge is 0.140 e. The number of anilines is 1. The van der Waals surface area contributed by atoms with Gasteiger partial charge in [-0.05, 0) is 41.1 Å². The van der Waals surface area contributed by atoms with Crippen molar-refractivity contribution in [2.24, 2.45) is 0 Å². The predicted molar refractivity (Wildman–Crippen MR) is 93.7 cm³/mol. The molecule has 2 unspecified atom stereocenters. The molecule has 1 fully saturated rings. The Morgan fingerprint density at radius 1 is 1.43 bits per heavy atom. The van der Waals surface area contributed by atoms with Crippen LogP contribution in [0.15, 0.2) is 43.2 Å². The number of hydrogen-bond donors (Lipinski definition) is 1. The maximum atomic E-state index is 10.3. The van der Waals surface area contributed by atoms with Crippen molar-refractivity contribution in [1.82, 2.24) is 9.97 Å². The summed E-state index contributed by atoms with van der Waals surface area (Å²) < 4.78 is -0.634. The van der Waals surface area contributed by atoms with E-state index in [0.717, 1.165) is 42.5 Å². The first-order chi connectivity index (χ1) is 10.1. The summed E-state index contributed by atoms with van der Waals surface area (Å²) in [5.74, 6) is 0.958. The number of piperidine rings is 1. The summed E-state index contributed by atoms with van der Waals surface area (Å²) in [4.78, 5) is 11.1. The Labute approximate surface area is 138 Å². The van der Waals surface area contributed by atoms with Crippen molar-refractivity contribution in [3.8, 4) is 0 Å². The van der Waals surface area contributed by atoms with E-state index in [1.54, 1.807) is 6.33 Å². The van der Waals surface area contributed by atoms with Gasteiger partial charge in [0.25, 0.3) is 0 Å². The molecule has 1 saturated heterocycles. The van der Waals surface area contributed by atoms with E-state index in [4.69, 9.17) is 0 Å². The van der Waals surface area contributed by atoms with E-state index in [2.05, 4.69) is 50.1 Å². The number of benzene rings is 1. The van der Waals surface area contributed by atoms with Gasteiger partial charge in [0.05, 0.1) is 5.52 Å². The van der Waals surface area contributed by atoms with Gasteiger partial charge in [0.15, 0.2) is 0 Å². The van der Waals surface area contributed by atoms with Crippen molar-refractivity contribution in [2.45, 2.75) is 28.9 Å². The second-order valence-corrected chi connectivity index (χ2v) is 7.47. The van der Waals surface area contributed by atoms with Gasteiger partial charge >= 0.3 is 0 Å². The number of hydrogen-bond acceptors (Lipinski definition) is 4. The molecule has 1 aromatic carbocycles. The van der Waals surface area contributed by atoms with Crippen LogP contribution >= 0.6 is 22.6 Å². The quantitative estimate of drug-likeness (QED) is 0.492. The monoisotopic (exact) mass is 395 g/mol. The van der Waals surface area contributed by atoms with Gasteiger partial charge in [-0.2, -0.15) is 0 Å². The van der Waals surface area contributed by atoms with E-state index in [0.29, 0.717) is 0 Å². The van der Waals surface area contributed by atoms with Gasteiger partial charge in [0.2, 0.25) is 0 Å². The third kappa shape index (κ3) is 3.03. The number of fused-ring (bicyclic) bond motifs is 1. The molecule has 0 aliphatic carbocycles. The van der Waals surface area contributed by atoms with Crippen molar-refractivity contribution in [1.29, 1.82) is 0 Å². The molecule has 3 rings (SSSR count). The van der Waals surface area contributed by atoms with Gasteiger partial charge in [-0.3, -0.25) is 0 Å². The summed E-state index contributed by atoms with van der Waals surface area (Å²) in [5, 5.41) is 11.4. The molecular weight excluding hydrogens is 377 g/mol. The summed E-state index contributed by atoms with van der Waals surface area (Å²) in [6, 6.07) is 8.27. The number of para-hydroxylation sites is 1. The van der Waals surface area contributed by atoms with Crippen LogP contribution in [0.1, 0.15) is 19.3 Å². The zero-order valence-electron chi connectivity index (χ0n) is 11.7. The molecule has 2 heterocycles. The Hall–Kier alpha value is -1.21. The highest BCUT2D eigenvalue weighted by Crippen LogP contribution is 2.37. The van der Waals surface area contributed by atoms with Crippen molar-refractivity contribution in [3.63, 3.8) is 0 Å². The number of halogens is 1. The topological polar surface area (TPSA) is 49.2 Å². The van der Waals surface area contributed by atoms with Crippen molar-refractivity contribution in [2.75, 3.05) is 11.4 Å². The number of rotatable bonds is 3. The van der Waals surface area contributed by atoms with E-state index < -0.39 is 3.61 Å². The Balaban J connectivity index is 2.02. The van der Waals surface area contributed by atoms with Crippen LogP contribution in [0.2, 0.25) is 0 Å². The van der Waals surface area contributed by atoms with Crippen LogP contribution in [0.3, 0.4) is 0 Å². The predicted octanol–water partition coefficient (Wildman–Crippen LogP) is 3.30. The summed E-state index contributed by atoms with van der Waals surface area (Å²) in [5.41, 5.74) is 0.954. The molecule has 0 amide bonds. The Morgan fingerprint density at radius 3 is 3.05 bits per heavy atom. The standard InChI is InChI=1S/C16H18IN3O/c1-2-5-12-10-16(17,21)8-9-20(12)15-13-6-3-4-7-14(13)18-11-19-15/h2-4,6-7,11-12,21H,1,5,8-10H2. The highest BCUT2D eigenvalue weighted by molar-refractivity contribution is 14.1. The van der Waals surface area contributed by atoms with Crippen LogP contribution in [-0.2, 0) is 0 Å². The average molecular weight is 395 g/mol. The molecule has 0 bridgehead atoms. The zero-order chi connectivity index (χ0) is 14.9. The SMILES string of the molecule is C=CCC1CC(O)(I)CCN1c1ncnc2ccccc12. The Morgan fingerprint density at radius 2 is 2.24 bits per heavy atom. The van der Waals surface area contributed by atoms with Gasteiger partial charge in [-0.1, -0.05) is 18.2 Å². The van der Waals surface area contributed by atoms with Gasteiger partial charge in [0.1, 0.15) is 15.8 Å². The fraction of sp³-hybridized carbons (Fsp3) is 0.375. The van der Waals surface area contributed by atoms with E-state index in [1.165, 1.54) is 0 Å². The van der Waals surface area contributed by atoms with Gasteiger partial charge in [-0.25, -0.2) is 9.97 Å². The normalized spacial score (nSPS) is 26.0. The first kappa shape index (κ1) is 14.7. The highest BCUT2D eigenvalue weighted by atomic mass is 127. The molecule has 1 aliphatic rings. The van der Waals surface area contributed by atoms with Crippen LogP contribution in [-0.4, -0.2) is 31.3 Å². The number of aliphatic hydroxyl groups is 1. The molecule has 21 heavy (non-hydrogen) atoms. The minimum absolute atomic E-state index is 0.219. The zero-order valence-corrected chi connectivity index (χ0v) is 13.9. The average Bonchev–Trinajstić information content (AvgIpc) is 2.47. The molecule has 2 atom stereocenters. The minimum atomic E-state index is -0.634. The van der Waals surface area contributed by atoms with E-state index in [-0.39, 0.29) is 6.04 Å². The largest absolute Gasteiger partial charge is 0.379 e. The summed E-state index contributed by atoms with van der Waals surface area (Å²) in [7, 11) is 0. The second kappa shape index (κ2) is 5.88. The number of nitrogens with zero attached hydrogens (tertiary/aromatic N) is 3. The molecule has 0 spiro atoms. The highest BCUT2D eigenvalue weighted by Gasteiger charge is 2.36. The lowest BCUT2D eigenvalue weighted by Gasteiger charge is -2.42.